The number of thiophene rings is 2. The van der Waals surface area contributed by atoms with E-state index in [1.54, 1.807) is 22.7 Å². The van der Waals surface area contributed by atoms with Gasteiger partial charge in [-0.1, -0.05) is 33.1 Å². The Morgan fingerprint density at radius 3 is 2.14 bits per heavy atom. The molecule has 3 aromatic rings. The van der Waals surface area contributed by atoms with Gasteiger partial charge in [-0.3, -0.25) is 0 Å². The quantitative estimate of drug-likeness (QED) is 0.270. The fraction of sp³-hybridized carbons (Fsp3) is 0.391. The molecular weight excluding hydrogens is 532 g/mol. The minimum absolute atomic E-state index is 0.00123. The first-order valence-corrected chi connectivity index (χ1v) is 13.2. The summed E-state index contributed by atoms with van der Waals surface area (Å²) in [6, 6.07) is 12.5. The molecule has 0 bridgehead atoms. The van der Waals surface area contributed by atoms with E-state index in [1.165, 1.54) is 19.3 Å². The Hall–Kier alpha value is -0.660. The molecule has 0 aliphatic carbocycles. The highest BCUT2D eigenvalue weighted by Crippen LogP contribution is 2.43. The molecule has 2 aromatic heterocycles. The van der Waals surface area contributed by atoms with Crippen LogP contribution in [0.2, 0.25) is 0 Å². The van der Waals surface area contributed by atoms with Crippen LogP contribution in [0.1, 0.15) is 45.1 Å². The lowest BCUT2D eigenvalue weighted by molar-refractivity contribution is 0.234. The first-order valence-electron chi connectivity index (χ1n) is 9.97. The van der Waals surface area contributed by atoms with Gasteiger partial charge in [0.15, 0.2) is 0 Å². The zero-order chi connectivity index (χ0) is 20.8. The molecular formula is C23H26Br2O2S2. The Balaban J connectivity index is 2.00. The van der Waals surface area contributed by atoms with E-state index in [4.69, 9.17) is 4.74 Å². The largest absolute Gasteiger partial charge is 0.493 e. The standard InChI is InChI=1S/C23H26Br2O2S2/c1-3-5-6-15(4-2)14-27-19-12-17(20-7-9-22(24)28-20)16(13-26)11-18(19)21-8-10-23(25)29-21/h7-12,15,26H,3-6,13-14H2,1-2H3. The van der Waals surface area contributed by atoms with Crippen LogP contribution < -0.4 is 4.74 Å². The van der Waals surface area contributed by atoms with Gasteiger partial charge in [-0.2, -0.15) is 0 Å². The monoisotopic (exact) mass is 556 g/mol. The second kappa shape index (κ2) is 11.1. The second-order valence-electron chi connectivity index (χ2n) is 7.10. The van der Waals surface area contributed by atoms with E-state index in [0.29, 0.717) is 5.92 Å². The van der Waals surface area contributed by atoms with Crippen LogP contribution in [0.5, 0.6) is 5.75 Å². The van der Waals surface area contributed by atoms with Gasteiger partial charge in [-0.25, -0.2) is 0 Å². The maximum Gasteiger partial charge on any atom is 0.128 e. The highest BCUT2D eigenvalue weighted by atomic mass is 79.9. The number of rotatable bonds is 10. The maximum atomic E-state index is 10.1. The van der Waals surface area contributed by atoms with Crippen molar-refractivity contribution in [3.63, 3.8) is 0 Å². The number of halogens is 2. The summed E-state index contributed by atoms with van der Waals surface area (Å²) < 4.78 is 8.59. The van der Waals surface area contributed by atoms with E-state index >= 15 is 0 Å². The molecule has 1 unspecified atom stereocenters. The van der Waals surface area contributed by atoms with Crippen LogP contribution in [-0.2, 0) is 6.61 Å². The van der Waals surface area contributed by atoms with E-state index in [0.717, 1.165) is 52.8 Å². The van der Waals surface area contributed by atoms with Crippen molar-refractivity contribution in [2.75, 3.05) is 6.61 Å². The van der Waals surface area contributed by atoms with Gasteiger partial charge in [0.2, 0.25) is 0 Å². The van der Waals surface area contributed by atoms with Crippen LogP contribution >= 0.6 is 54.5 Å². The molecule has 0 saturated heterocycles. The molecule has 1 atom stereocenters. The zero-order valence-electron chi connectivity index (χ0n) is 16.7. The van der Waals surface area contributed by atoms with E-state index in [9.17, 15) is 5.11 Å². The Kier molecular flexibility index (Phi) is 8.81. The van der Waals surface area contributed by atoms with Crippen LogP contribution in [0.15, 0.2) is 44.0 Å². The third-order valence-corrected chi connectivity index (χ3v) is 8.38. The first-order chi connectivity index (χ1) is 14.0. The molecule has 156 valence electrons. The van der Waals surface area contributed by atoms with Gasteiger partial charge in [0.05, 0.1) is 20.8 Å². The Bertz CT molecular complexity index is 933. The molecule has 0 aliphatic rings. The summed E-state index contributed by atoms with van der Waals surface area (Å²) in [4.78, 5) is 2.27. The van der Waals surface area contributed by atoms with Crippen molar-refractivity contribution in [1.29, 1.82) is 0 Å². The van der Waals surface area contributed by atoms with Crippen LogP contribution in [0, 0.1) is 5.92 Å². The molecule has 1 N–H and O–H groups in total. The lowest BCUT2D eigenvalue weighted by Gasteiger charge is -2.19. The van der Waals surface area contributed by atoms with Crippen molar-refractivity contribution in [3.8, 4) is 26.6 Å². The number of ether oxygens (including phenoxy) is 1. The van der Waals surface area contributed by atoms with Crippen LogP contribution in [-0.4, -0.2) is 11.7 Å². The van der Waals surface area contributed by atoms with Gasteiger partial charge in [-0.15, -0.1) is 22.7 Å². The van der Waals surface area contributed by atoms with Gasteiger partial charge >= 0.3 is 0 Å². The average molecular weight is 558 g/mol. The summed E-state index contributed by atoms with van der Waals surface area (Å²) in [7, 11) is 0. The minimum Gasteiger partial charge on any atom is -0.493 e. The Morgan fingerprint density at radius 2 is 1.62 bits per heavy atom. The summed E-state index contributed by atoms with van der Waals surface area (Å²) in [6.07, 6.45) is 4.78. The molecule has 1 aromatic carbocycles. The molecule has 0 saturated carbocycles. The van der Waals surface area contributed by atoms with Crippen LogP contribution in [0.4, 0.5) is 0 Å². The molecule has 0 amide bonds. The minimum atomic E-state index is -0.00123. The van der Waals surface area contributed by atoms with Crippen molar-refractivity contribution < 1.29 is 9.84 Å². The summed E-state index contributed by atoms with van der Waals surface area (Å²) in [5, 5.41) is 10.1. The number of unbranched alkanes of at least 4 members (excludes halogenated alkanes) is 1. The second-order valence-corrected chi connectivity index (χ2v) is 12.0. The van der Waals surface area contributed by atoms with E-state index in [-0.39, 0.29) is 6.61 Å². The predicted octanol–water partition coefficient (Wildman–Crippen LogP) is 8.76. The number of benzene rings is 1. The zero-order valence-corrected chi connectivity index (χ0v) is 21.5. The smallest absolute Gasteiger partial charge is 0.128 e. The Labute approximate surface area is 198 Å². The highest BCUT2D eigenvalue weighted by Gasteiger charge is 2.17. The number of hydrogen-bond acceptors (Lipinski definition) is 4. The SMILES string of the molecule is CCCCC(CC)COc1cc(-c2ccc(Br)s2)c(CO)cc1-c1ccc(Br)s1. The fourth-order valence-electron chi connectivity index (χ4n) is 3.32. The van der Waals surface area contributed by atoms with Gasteiger partial charge in [0, 0.05) is 20.9 Å². The molecule has 3 rings (SSSR count). The number of aliphatic hydroxyl groups excluding tert-OH is 1. The molecule has 29 heavy (non-hydrogen) atoms. The van der Waals surface area contributed by atoms with Gasteiger partial charge < -0.3 is 9.84 Å². The number of aliphatic hydroxyl groups is 1. The third-order valence-electron chi connectivity index (χ3n) is 5.07. The Morgan fingerprint density at radius 1 is 0.966 bits per heavy atom. The lowest BCUT2D eigenvalue weighted by atomic mass is 9.99. The highest BCUT2D eigenvalue weighted by molar-refractivity contribution is 9.11. The summed E-state index contributed by atoms with van der Waals surface area (Å²) in [5.41, 5.74) is 3.01. The van der Waals surface area contributed by atoms with E-state index < -0.39 is 0 Å². The van der Waals surface area contributed by atoms with Crippen molar-refractivity contribution in [3.05, 3.63) is 49.5 Å². The van der Waals surface area contributed by atoms with Crippen molar-refractivity contribution in [2.45, 2.75) is 46.1 Å². The molecule has 6 heteroatoms. The van der Waals surface area contributed by atoms with Crippen molar-refractivity contribution in [1.82, 2.24) is 0 Å². The summed E-state index contributed by atoms with van der Waals surface area (Å²) in [6.45, 7) is 5.20. The van der Waals surface area contributed by atoms with Gasteiger partial charge in [0.25, 0.3) is 0 Å². The molecule has 0 aliphatic heterocycles. The van der Waals surface area contributed by atoms with Crippen molar-refractivity contribution >= 4 is 54.5 Å². The number of hydrogen-bond donors (Lipinski definition) is 1. The molecule has 2 heterocycles. The maximum absolute atomic E-state index is 10.1. The van der Waals surface area contributed by atoms with E-state index in [2.05, 4.69) is 76.0 Å². The summed E-state index contributed by atoms with van der Waals surface area (Å²) in [5.74, 6) is 1.46. The average Bonchev–Trinajstić information content (AvgIpc) is 3.35. The normalized spacial score (nSPS) is 12.3. The topological polar surface area (TPSA) is 29.5 Å². The van der Waals surface area contributed by atoms with E-state index in [1.807, 2.05) is 6.07 Å². The lowest BCUT2D eigenvalue weighted by Crippen LogP contribution is -2.12. The third kappa shape index (κ3) is 5.95. The molecule has 0 radical (unpaired) electrons. The van der Waals surface area contributed by atoms with Crippen molar-refractivity contribution in [2.24, 2.45) is 5.92 Å². The molecule has 0 spiro atoms. The van der Waals surface area contributed by atoms with Crippen LogP contribution in [0.3, 0.4) is 0 Å². The van der Waals surface area contributed by atoms with Gasteiger partial charge in [0.1, 0.15) is 5.75 Å². The molecule has 0 fully saturated rings. The van der Waals surface area contributed by atoms with Gasteiger partial charge in [-0.05, 0) is 86.2 Å². The predicted molar refractivity (Wildman–Crippen MR) is 133 cm³/mol. The van der Waals surface area contributed by atoms with Crippen LogP contribution in [0.25, 0.3) is 20.9 Å². The fourth-order valence-corrected chi connectivity index (χ4v) is 6.17. The first kappa shape index (κ1) is 23.0. The molecule has 2 nitrogen and oxygen atoms in total. The summed E-state index contributed by atoms with van der Waals surface area (Å²) >= 11 is 10.5.